The van der Waals surface area contributed by atoms with Crippen molar-refractivity contribution in [1.29, 1.82) is 0 Å². The van der Waals surface area contributed by atoms with Gasteiger partial charge in [0.05, 0.1) is 19.3 Å². The zero-order valence-corrected chi connectivity index (χ0v) is 30.4. The first-order valence-corrected chi connectivity index (χ1v) is 20.3. The number of rotatable bonds is 16. The molecule has 0 aliphatic carbocycles. The van der Waals surface area contributed by atoms with E-state index in [-0.39, 0.29) is 18.2 Å². The van der Waals surface area contributed by atoms with Gasteiger partial charge < -0.3 is 18.8 Å². The molecule has 2 heterocycles. The predicted molar refractivity (Wildman–Crippen MR) is 191 cm³/mol. The van der Waals surface area contributed by atoms with E-state index in [4.69, 9.17) is 13.9 Å². The van der Waals surface area contributed by atoms with E-state index in [2.05, 4.69) is 88.3 Å². The third-order valence-electron chi connectivity index (χ3n) is 10.3. The second kappa shape index (κ2) is 17.6. The van der Waals surface area contributed by atoms with E-state index in [9.17, 15) is 4.79 Å². The predicted octanol–water partition coefficient (Wildman–Crippen LogP) is 7.75. The van der Waals surface area contributed by atoms with Crippen molar-refractivity contribution in [2.45, 2.75) is 103 Å². The van der Waals surface area contributed by atoms with Crippen LogP contribution in [0.2, 0.25) is 18.1 Å². The van der Waals surface area contributed by atoms with Gasteiger partial charge in [0.2, 0.25) is 0 Å². The number of benzene rings is 2. The number of carbonyl (C=O) groups is 1. The van der Waals surface area contributed by atoms with Crippen LogP contribution in [0.15, 0.2) is 61.2 Å². The first-order chi connectivity index (χ1) is 22.3. The first kappa shape index (κ1) is 36.3. The van der Waals surface area contributed by atoms with E-state index in [1.165, 1.54) is 11.1 Å². The molecule has 7 nitrogen and oxygen atoms in total. The second-order valence-corrected chi connectivity index (χ2v) is 17.9. The molecule has 0 N–H and O–H groups in total. The average molecular weight is 650 g/mol. The van der Waals surface area contributed by atoms with Crippen molar-refractivity contribution in [1.82, 2.24) is 14.7 Å². The summed E-state index contributed by atoms with van der Waals surface area (Å²) in [6, 6.07) is 20.9. The normalized spacial score (nSPS) is 21.9. The molecule has 4 rings (SSSR count). The van der Waals surface area contributed by atoms with Crippen LogP contribution in [0.4, 0.5) is 0 Å². The summed E-state index contributed by atoms with van der Waals surface area (Å²) in [4.78, 5) is 20.7. The van der Waals surface area contributed by atoms with E-state index in [1.807, 2.05) is 29.2 Å². The number of amides is 1. The molecule has 2 aliphatic rings. The summed E-state index contributed by atoms with van der Waals surface area (Å²) in [6.07, 6.45) is 4.95. The van der Waals surface area contributed by atoms with Gasteiger partial charge >= 0.3 is 0 Å². The molecule has 1 unspecified atom stereocenters. The van der Waals surface area contributed by atoms with E-state index >= 15 is 0 Å². The molecule has 0 bridgehead atoms. The maximum absolute atomic E-state index is 13.6. The van der Waals surface area contributed by atoms with Gasteiger partial charge in [-0.25, -0.2) is 0 Å². The summed E-state index contributed by atoms with van der Waals surface area (Å²) in [5, 5.41) is 0. The van der Waals surface area contributed by atoms with Gasteiger partial charge in [0, 0.05) is 56.8 Å². The van der Waals surface area contributed by atoms with Crippen molar-refractivity contribution >= 4 is 14.2 Å². The molecule has 2 saturated heterocycles. The van der Waals surface area contributed by atoms with Crippen molar-refractivity contribution in [3.05, 3.63) is 77.9 Å². The lowest BCUT2D eigenvalue weighted by atomic mass is 9.92. The smallest absolute Gasteiger partial charge is 0.253 e. The monoisotopic (exact) mass is 649 g/mol. The molecule has 2 aromatic carbocycles. The highest BCUT2D eigenvalue weighted by Gasteiger charge is 2.35. The molecule has 1 amide bonds. The SMILES string of the molecule is C=CCN1C[C@H](C)N(C(c2ccc(C(=O)N(CC)CCO[Si](CC)(CC)CC)cc2)c2cccc(O[C@@H]3CCCCO3)c2)C[C@H]1C. The van der Waals surface area contributed by atoms with E-state index in [0.29, 0.717) is 31.8 Å². The number of carbonyl (C=O) groups excluding carboxylic acids is 1. The van der Waals surface area contributed by atoms with Crippen LogP contribution in [-0.2, 0) is 9.16 Å². The molecule has 46 heavy (non-hydrogen) atoms. The molecule has 2 fully saturated rings. The lowest BCUT2D eigenvalue weighted by molar-refractivity contribution is -0.105. The van der Waals surface area contributed by atoms with Crippen molar-refractivity contribution in [3.63, 3.8) is 0 Å². The number of likely N-dealkylation sites (N-methyl/N-ethyl adjacent to an activating group) is 1. The van der Waals surface area contributed by atoms with Gasteiger partial charge in [0.25, 0.3) is 5.91 Å². The van der Waals surface area contributed by atoms with Crippen molar-refractivity contribution in [2.24, 2.45) is 0 Å². The van der Waals surface area contributed by atoms with Crippen molar-refractivity contribution in [3.8, 4) is 5.75 Å². The zero-order valence-electron chi connectivity index (χ0n) is 29.4. The number of piperazine rings is 1. The molecule has 0 radical (unpaired) electrons. The Bertz CT molecular complexity index is 1220. The fraction of sp³-hybridized carbons (Fsp3) is 0.605. The van der Waals surface area contributed by atoms with Gasteiger partial charge in [-0.1, -0.05) is 51.1 Å². The molecule has 0 aromatic heterocycles. The summed E-state index contributed by atoms with van der Waals surface area (Å²) in [5.41, 5.74) is 3.08. The van der Waals surface area contributed by atoms with E-state index < -0.39 is 8.32 Å². The summed E-state index contributed by atoms with van der Waals surface area (Å²) >= 11 is 0. The Morgan fingerprint density at radius 2 is 1.76 bits per heavy atom. The first-order valence-electron chi connectivity index (χ1n) is 17.8. The largest absolute Gasteiger partial charge is 0.465 e. The number of ether oxygens (including phenoxy) is 2. The number of nitrogens with zero attached hydrogens (tertiary/aromatic N) is 3. The Labute approximate surface area is 280 Å². The minimum Gasteiger partial charge on any atom is -0.465 e. The summed E-state index contributed by atoms with van der Waals surface area (Å²) in [7, 11) is -1.68. The van der Waals surface area contributed by atoms with Crippen LogP contribution < -0.4 is 4.74 Å². The molecule has 0 spiro atoms. The topological polar surface area (TPSA) is 54.5 Å². The van der Waals surface area contributed by atoms with Gasteiger partial charge in [0.1, 0.15) is 5.75 Å². The molecular weight excluding hydrogens is 591 g/mol. The van der Waals surface area contributed by atoms with Crippen molar-refractivity contribution in [2.75, 3.05) is 45.9 Å². The average Bonchev–Trinajstić information content (AvgIpc) is 3.08. The Hall–Kier alpha value is -2.49. The van der Waals surface area contributed by atoms with Crippen LogP contribution in [-0.4, -0.2) is 93.2 Å². The minimum absolute atomic E-state index is 0.0224. The fourth-order valence-corrected chi connectivity index (χ4v) is 9.75. The fourth-order valence-electron chi connectivity index (χ4n) is 7.12. The molecule has 0 saturated carbocycles. The van der Waals surface area contributed by atoms with Gasteiger partial charge in [-0.2, -0.15) is 0 Å². The Kier molecular flexibility index (Phi) is 13.9. The summed E-state index contributed by atoms with van der Waals surface area (Å²) < 4.78 is 18.7. The summed E-state index contributed by atoms with van der Waals surface area (Å²) in [5.74, 6) is 0.906. The molecule has 8 heteroatoms. The second-order valence-electron chi connectivity index (χ2n) is 13.1. The van der Waals surface area contributed by atoms with Crippen LogP contribution in [0, 0.1) is 0 Å². The van der Waals surface area contributed by atoms with Gasteiger partial charge in [-0.3, -0.25) is 14.6 Å². The third kappa shape index (κ3) is 9.10. The van der Waals surface area contributed by atoms with Crippen LogP contribution >= 0.6 is 0 Å². The number of hydrogen-bond acceptors (Lipinski definition) is 6. The Morgan fingerprint density at radius 3 is 2.39 bits per heavy atom. The maximum Gasteiger partial charge on any atom is 0.253 e. The third-order valence-corrected chi connectivity index (χ3v) is 15.0. The van der Waals surface area contributed by atoms with Crippen LogP contribution in [0.1, 0.15) is 88.3 Å². The minimum atomic E-state index is -1.68. The van der Waals surface area contributed by atoms with E-state index in [1.54, 1.807) is 0 Å². The molecule has 4 atom stereocenters. The van der Waals surface area contributed by atoms with Gasteiger partial charge in [-0.05, 0) is 87.1 Å². The highest BCUT2D eigenvalue weighted by atomic mass is 28.4. The van der Waals surface area contributed by atoms with Crippen LogP contribution in [0.3, 0.4) is 0 Å². The quantitative estimate of drug-likeness (QED) is 0.137. The van der Waals surface area contributed by atoms with Crippen LogP contribution in [0.5, 0.6) is 5.75 Å². The molecule has 2 aromatic rings. The molecule has 254 valence electrons. The lowest BCUT2D eigenvalue weighted by Gasteiger charge is -2.47. The highest BCUT2D eigenvalue weighted by Crippen LogP contribution is 2.35. The maximum atomic E-state index is 13.6. The standard InChI is InChI=1S/C38H59N3O4Si/c1-8-23-40-28-31(7)41(29-30(40)6)37(34-16-15-17-35(27-34)45-36-18-13-14-25-43-36)32-19-21-33(22-20-32)38(42)39(9-2)24-26-44-46(10-3,11-4)12-5/h8,15-17,19-22,27,30-31,36-37H,1,9-14,18,23-26,28-29H2,2-7H3/t30-,31+,36-,37?/m1/s1. The summed E-state index contributed by atoms with van der Waals surface area (Å²) in [6.45, 7) is 22.8. The molecule has 2 aliphatic heterocycles. The zero-order chi connectivity index (χ0) is 33.1. The van der Waals surface area contributed by atoms with Crippen molar-refractivity contribution < 1.29 is 18.7 Å². The number of hydrogen-bond donors (Lipinski definition) is 0. The van der Waals surface area contributed by atoms with Gasteiger partial charge in [0.15, 0.2) is 14.6 Å². The lowest BCUT2D eigenvalue weighted by Crippen LogP contribution is -2.57. The Balaban J connectivity index is 1.57. The molecular formula is C38H59N3O4Si. The van der Waals surface area contributed by atoms with E-state index in [0.717, 1.165) is 74.9 Å². The Morgan fingerprint density at radius 1 is 1.02 bits per heavy atom. The van der Waals surface area contributed by atoms with Crippen LogP contribution in [0.25, 0.3) is 0 Å². The van der Waals surface area contributed by atoms with Gasteiger partial charge in [-0.15, -0.1) is 6.58 Å². The highest BCUT2D eigenvalue weighted by molar-refractivity contribution is 6.73.